The zero-order chi connectivity index (χ0) is 55.2. The SMILES string of the molecule is CC[C@H](C)[C@H](NC(=O)[C@H](CCCN=C(N)N)NC(=O)[C@H](CC(C)C)NC(=O)[C@@H](N)[C@@H](C)O)C(=O)N[C@@H](CCCN=C(N)N)C(=O)N[C@@H](CCCN=C(N)N)C(=O)N[C@@H](C)C(=O)N[C@@H](CS)C(=O)NCC(=O)O. The van der Waals surface area contributed by atoms with Crippen molar-refractivity contribution >= 4 is 83.7 Å². The van der Waals surface area contributed by atoms with Gasteiger partial charge in [0, 0.05) is 25.4 Å². The molecule has 24 N–H and O–H groups in total. The molecule has 0 aromatic carbocycles. The molecule has 0 aliphatic carbocycles. The Morgan fingerprint density at radius 3 is 1.31 bits per heavy atom. The molecule has 10 atom stereocenters. The van der Waals surface area contributed by atoms with Gasteiger partial charge in [-0.05, 0) is 70.6 Å². The molecular weight excluding hydrogens is 965 g/mol. The van der Waals surface area contributed by atoms with Gasteiger partial charge in [0.25, 0.3) is 0 Å². The number of amides is 8. The summed E-state index contributed by atoms with van der Waals surface area (Å²) in [5.74, 6) is -9.56. The fraction of sp³-hybridized carbons (Fsp3) is 0.714. The minimum absolute atomic E-state index is 0.0224. The molecule has 0 spiro atoms. The van der Waals surface area contributed by atoms with Crippen LogP contribution in [0.1, 0.15) is 92.9 Å². The van der Waals surface area contributed by atoms with Crippen molar-refractivity contribution in [3.8, 4) is 0 Å². The van der Waals surface area contributed by atoms with E-state index < -0.39 is 120 Å². The minimum atomic E-state index is -1.40. The van der Waals surface area contributed by atoms with Crippen LogP contribution in [0.15, 0.2) is 15.0 Å². The van der Waals surface area contributed by atoms with Gasteiger partial charge in [-0.3, -0.25) is 58.1 Å². The van der Waals surface area contributed by atoms with Crippen molar-refractivity contribution in [3.63, 3.8) is 0 Å². The maximum absolute atomic E-state index is 14.3. The number of hydrogen-bond donors (Lipinski definition) is 18. The number of thiol groups is 1. The summed E-state index contributed by atoms with van der Waals surface area (Å²) in [5, 5.41) is 38.9. The predicted octanol–water partition coefficient (Wildman–Crippen LogP) is -6.51. The van der Waals surface area contributed by atoms with Gasteiger partial charge in [0.15, 0.2) is 17.9 Å². The lowest BCUT2D eigenvalue weighted by Gasteiger charge is -2.30. The van der Waals surface area contributed by atoms with E-state index in [1.807, 2.05) is 0 Å². The zero-order valence-corrected chi connectivity index (χ0v) is 42.8. The summed E-state index contributed by atoms with van der Waals surface area (Å²) in [7, 11) is 0. The Labute approximate surface area is 424 Å². The van der Waals surface area contributed by atoms with Gasteiger partial charge in [-0.2, -0.15) is 12.6 Å². The highest BCUT2D eigenvalue weighted by Gasteiger charge is 2.35. The average molecular weight is 1050 g/mol. The van der Waals surface area contributed by atoms with E-state index in [0.717, 1.165) is 0 Å². The molecule has 29 nitrogen and oxygen atoms in total. The van der Waals surface area contributed by atoms with Crippen LogP contribution in [0.25, 0.3) is 0 Å². The lowest BCUT2D eigenvalue weighted by Crippen LogP contribution is -2.61. The van der Waals surface area contributed by atoms with Gasteiger partial charge < -0.3 is 92.9 Å². The number of aliphatic hydroxyl groups excluding tert-OH is 1. The predicted molar refractivity (Wildman–Crippen MR) is 272 cm³/mol. The molecule has 0 aliphatic heterocycles. The first-order valence-electron chi connectivity index (χ1n) is 23.5. The Bertz CT molecular complexity index is 1890. The molecular formula is C42H80N18O11S. The fourth-order valence-electron chi connectivity index (χ4n) is 6.43. The lowest BCUT2D eigenvalue weighted by atomic mass is 9.96. The summed E-state index contributed by atoms with van der Waals surface area (Å²) in [4.78, 5) is 131. The molecule has 0 saturated heterocycles. The van der Waals surface area contributed by atoms with Crippen molar-refractivity contribution in [2.24, 2.45) is 66.9 Å². The lowest BCUT2D eigenvalue weighted by molar-refractivity contribution is -0.138. The van der Waals surface area contributed by atoms with Gasteiger partial charge in [0.2, 0.25) is 47.3 Å². The van der Waals surface area contributed by atoms with E-state index in [0.29, 0.717) is 6.42 Å². The zero-order valence-electron chi connectivity index (χ0n) is 41.9. The Kier molecular flexibility index (Phi) is 31.4. The second-order valence-electron chi connectivity index (χ2n) is 17.4. The van der Waals surface area contributed by atoms with Crippen molar-refractivity contribution in [1.82, 2.24) is 42.5 Å². The van der Waals surface area contributed by atoms with E-state index in [2.05, 4.69) is 70.1 Å². The van der Waals surface area contributed by atoms with Gasteiger partial charge in [-0.1, -0.05) is 34.1 Å². The minimum Gasteiger partial charge on any atom is -0.480 e. The first-order chi connectivity index (χ1) is 33.6. The highest BCUT2D eigenvalue weighted by Crippen LogP contribution is 2.13. The number of nitrogens with one attached hydrogen (secondary N) is 8. The second-order valence-corrected chi connectivity index (χ2v) is 17.8. The molecule has 30 heteroatoms. The molecule has 0 rings (SSSR count). The van der Waals surface area contributed by atoms with Crippen molar-refractivity contribution in [1.29, 1.82) is 0 Å². The van der Waals surface area contributed by atoms with E-state index in [1.165, 1.54) is 13.8 Å². The molecule has 0 unspecified atom stereocenters. The second kappa shape index (κ2) is 34.6. The molecule has 0 saturated carbocycles. The van der Waals surface area contributed by atoms with Gasteiger partial charge >= 0.3 is 5.97 Å². The van der Waals surface area contributed by atoms with E-state index in [9.17, 15) is 48.3 Å². The third-order valence-corrected chi connectivity index (χ3v) is 11.0. The normalized spacial score (nSPS) is 15.1. The van der Waals surface area contributed by atoms with Crippen LogP contribution < -0.4 is 82.7 Å². The summed E-state index contributed by atoms with van der Waals surface area (Å²) in [5.41, 5.74) is 38.7. The van der Waals surface area contributed by atoms with Crippen LogP contribution in [0.5, 0.6) is 0 Å². The Hall–Kier alpha value is -6.69. The third-order valence-electron chi connectivity index (χ3n) is 10.7. The molecule has 0 fully saturated rings. The fourth-order valence-corrected chi connectivity index (χ4v) is 6.68. The summed E-state index contributed by atoms with van der Waals surface area (Å²) in [6.07, 6.45) is -0.577. The summed E-state index contributed by atoms with van der Waals surface area (Å²) >= 11 is 4.05. The topological polar surface area (TPSA) is 510 Å². The Morgan fingerprint density at radius 1 is 0.528 bits per heavy atom. The van der Waals surface area contributed by atoms with Gasteiger partial charge in [-0.25, -0.2) is 0 Å². The van der Waals surface area contributed by atoms with E-state index in [4.69, 9.17) is 45.2 Å². The molecule has 410 valence electrons. The smallest absolute Gasteiger partial charge is 0.322 e. The summed E-state index contributed by atoms with van der Waals surface area (Å²) < 4.78 is 0. The van der Waals surface area contributed by atoms with Crippen LogP contribution in [0.2, 0.25) is 0 Å². The number of carbonyl (C=O) groups excluding carboxylic acids is 8. The number of aliphatic imine (C=N–C) groups is 3. The number of rotatable bonds is 35. The third kappa shape index (κ3) is 27.1. The number of nitrogens with zero attached hydrogens (tertiary/aromatic N) is 3. The van der Waals surface area contributed by atoms with Crippen LogP contribution >= 0.6 is 12.6 Å². The first kappa shape index (κ1) is 65.3. The Morgan fingerprint density at radius 2 is 0.917 bits per heavy atom. The van der Waals surface area contributed by atoms with Gasteiger partial charge in [0.1, 0.15) is 54.9 Å². The van der Waals surface area contributed by atoms with Crippen LogP contribution in [-0.4, -0.2) is 168 Å². The molecule has 72 heavy (non-hydrogen) atoms. The van der Waals surface area contributed by atoms with E-state index in [1.54, 1.807) is 27.7 Å². The van der Waals surface area contributed by atoms with Crippen LogP contribution in [0, 0.1) is 11.8 Å². The molecule has 0 aromatic rings. The maximum atomic E-state index is 14.3. The number of hydrogen-bond acceptors (Lipinski definition) is 15. The largest absolute Gasteiger partial charge is 0.480 e. The van der Waals surface area contributed by atoms with Crippen LogP contribution in [0.4, 0.5) is 0 Å². The van der Waals surface area contributed by atoms with Crippen molar-refractivity contribution in [2.75, 3.05) is 31.9 Å². The molecule has 0 heterocycles. The highest BCUT2D eigenvalue weighted by atomic mass is 32.1. The number of carbonyl (C=O) groups is 9. The summed E-state index contributed by atoms with van der Waals surface area (Å²) in [6.45, 7) is 9.03. The van der Waals surface area contributed by atoms with Gasteiger partial charge in [0.05, 0.1) is 6.10 Å². The van der Waals surface area contributed by atoms with Crippen molar-refractivity contribution < 1.29 is 53.4 Å². The number of nitrogens with two attached hydrogens (primary N) is 7. The van der Waals surface area contributed by atoms with Crippen LogP contribution in [0.3, 0.4) is 0 Å². The number of aliphatic carboxylic acids is 1. The van der Waals surface area contributed by atoms with E-state index in [-0.39, 0.29) is 94.1 Å². The summed E-state index contributed by atoms with van der Waals surface area (Å²) in [6, 6.07) is -10.5. The quantitative estimate of drug-likeness (QED) is 0.0121. The standard InChI is InChI=1S/C42H80N18O11S/c1-7-21(4)31(60-36(68)26(13-10-16-52-42(48)49)56-37(69)27(17-20(2)3)58-38(70)30(43)23(6)61)39(71)57-25(12-9-15-51-41(46)47)35(67)55-24(11-8-14-50-40(44)45)34(66)54-22(5)32(64)59-28(19-72)33(65)53-18-29(62)63/h20-28,30-31,61,72H,7-19,43H2,1-6H3,(H,53,65)(H,54,66)(H,55,67)(H,56,69)(H,57,71)(H,58,70)(H,59,64)(H,60,68)(H,62,63)(H4,44,45,50)(H4,46,47,51)(H4,48,49,52)/t21-,22-,23+,24-,25-,26-,27-,28-,30-,31-/m0/s1. The van der Waals surface area contributed by atoms with Crippen LogP contribution in [-0.2, 0) is 43.2 Å². The Balaban J connectivity index is 6.87. The first-order valence-corrected chi connectivity index (χ1v) is 24.1. The molecule has 0 aromatic heterocycles. The number of carboxylic acid groups (broad SMARTS) is 1. The number of aliphatic hydroxyl groups is 1. The van der Waals surface area contributed by atoms with Gasteiger partial charge in [-0.15, -0.1) is 0 Å². The molecule has 0 radical (unpaired) electrons. The maximum Gasteiger partial charge on any atom is 0.322 e. The number of carboxylic acids is 1. The monoisotopic (exact) mass is 1040 g/mol. The van der Waals surface area contributed by atoms with Crippen molar-refractivity contribution in [3.05, 3.63) is 0 Å². The molecule has 0 aliphatic rings. The molecule has 8 amide bonds. The highest BCUT2D eigenvalue weighted by molar-refractivity contribution is 7.80. The molecule has 0 bridgehead atoms. The number of guanidine groups is 3. The van der Waals surface area contributed by atoms with Crippen molar-refractivity contribution in [2.45, 2.75) is 147 Å². The average Bonchev–Trinajstić information content (AvgIpc) is 3.30. The van der Waals surface area contributed by atoms with E-state index >= 15 is 0 Å².